The molecule has 0 aliphatic carbocycles. The average molecular weight is 265 g/mol. The van der Waals surface area contributed by atoms with E-state index in [1.165, 1.54) is 14.2 Å². The minimum Gasteiger partial charge on any atom is -0.328 e. The van der Waals surface area contributed by atoms with Crippen molar-refractivity contribution in [1.29, 1.82) is 0 Å². The zero-order valence-electron chi connectivity index (χ0n) is 6.32. The average Bonchev–Trinajstić information content (AvgIpc) is 1.89. The third-order valence-corrected chi connectivity index (χ3v) is 0.980. The highest BCUT2D eigenvalue weighted by atomic mass is 35.5. The monoisotopic (exact) mass is 264 g/mol. The fourth-order valence-corrected chi connectivity index (χ4v) is 0. The minimum atomic E-state index is -2.10. The SMILES string of the molecule is COP(O)O.COP(O)O.Cl.Cl. The van der Waals surface area contributed by atoms with E-state index in [0.717, 1.165) is 0 Å². The van der Waals surface area contributed by atoms with Crippen molar-refractivity contribution in [3.63, 3.8) is 0 Å². The number of rotatable bonds is 2. The van der Waals surface area contributed by atoms with Crippen molar-refractivity contribution in [3.8, 4) is 0 Å². The first kappa shape index (κ1) is 23.2. The summed E-state index contributed by atoms with van der Waals surface area (Å²) in [6.07, 6.45) is 0. The molecule has 12 heavy (non-hydrogen) atoms. The highest BCUT2D eigenvalue weighted by molar-refractivity contribution is 7.39. The van der Waals surface area contributed by atoms with E-state index in [0.29, 0.717) is 0 Å². The molecule has 0 aromatic rings. The molecule has 0 heterocycles. The van der Waals surface area contributed by atoms with Gasteiger partial charge in [0, 0.05) is 14.2 Å². The number of hydrogen-bond acceptors (Lipinski definition) is 6. The van der Waals surface area contributed by atoms with Crippen LogP contribution in [0.1, 0.15) is 0 Å². The molecule has 6 nitrogen and oxygen atoms in total. The standard InChI is InChI=1S/2CH5O3P.2ClH/c2*1-4-5(2)3;;/h2*2-3H,1H3;2*1H. The lowest BCUT2D eigenvalue weighted by atomic mass is 11.8. The molecule has 0 spiro atoms. The quantitative estimate of drug-likeness (QED) is 0.543. The van der Waals surface area contributed by atoms with Crippen LogP contribution in [0.5, 0.6) is 0 Å². The molecule has 0 rings (SSSR count). The van der Waals surface area contributed by atoms with Crippen molar-refractivity contribution in [1.82, 2.24) is 0 Å². The fourth-order valence-electron chi connectivity index (χ4n) is 0. The molecule has 0 radical (unpaired) electrons. The van der Waals surface area contributed by atoms with Crippen molar-refractivity contribution in [2.45, 2.75) is 0 Å². The van der Waals surface area contributed by atoms with Crippen molar-refractivity contribution >= 4 is 42.0 Å². The lowest BCUT2D eigenvalue weighted by molar-refractivity contribution is 0.309. The van der Waals surface area contributed by atoms with Crippen LogP contribution >= 0.6 is 42.0 Å². The number of halogens is 2. The Hall–Kier alpha value is 1.20. The Balaban J connectivity index is -0.0000000457. The molecule has 0 aliphatic rings. The second kappa shape index (κ2) is 18.1. The van der Waals surface area contributed by atoms with E-state index >= 15 is 0 Å². The van der Waals surface area contributed by atoms with Crippen LogP contribution in [-0.2, 0) is 9.05 Å². The first-order valence-corrected chi connectivity index (χ1v) is 4.31. The van der Waals surface area contributed by atoms with Crippen LogP contribution in [0.3, 0.4) is 0 Å². The summed E-state index contributed by atoms with van der Waals surface area (Å²) < 4.78 is 7.85. The molecule has 0 aromatic carbocycles. The fraction of sp³-hybridized carbons (Fsp3) is 1.00. The van der Waals surface area contributed by atoms with Gasteiger partial charge in [0.15, 0.2) is 0 Å². The summed E-state index contributed by atoms with van der Waals surface area (Å²) in [5.41, 5.74) is 0. The van der Waals surface area contributed by atoms with Gasteiger partial charge in [-0.25, -0.2) is 0 Å². The van der Waals surface area contributed by atoms with Crippen LogP contribution in [-0.4, -0.2) is 33.8 Å². The largest absolute Gasteiger partial charge is 0.328 e. The van der Waals surface area contributed by atoms with Gasteiger partial charge in [0.1, 0.15) is 0 Å². The number of hydrogen-bond donors (Lipinski definition) is 4. The first-order chi connectivity index (χ1) is 4.54. The summed E-state index contributed by atoms with van der Waals surface area (Å²) in [4.78, 5) is 31.0. The van der Waals surface area contributed by atoms with Gasteiger partial charge in [0.25, 0.3) is 0 Å². The van der Waals surface area contributed by atoms with Crippen LogP contribution in [0.25, 0.3) is 0 Å². The zero-order chi connectivity index (χ0) is 8.57. The molecule has 0 saturated heterocycles. The van der Waals surface area contributed by atoms with Crippen molar-refractivity contribution in [2.75, 3.05) is 14.2 Å². The topological polar surface area (TPSA) is 99.4 Å². The third kappa shape index (κ3) is 43.1. The Morgan fingerprint density at radius 2 is 0.833 bits per heavy atom. The molecule has 4 N–H and O–H groups in total. The maximum absolute atomic E-state index is 7.76. The molecule has 0 atom stereocenters. The normalized spacial score (nSPS) is 8.00. The molecule has 80 valence electrons. The van der Waals surface area contributed by atoms with Gasteiger partial charge in [-0.3, -0.25) is 0 Å². The summed E-state index contributed by atoms with van der Waals surface area (Å²) in [5.74, 6) is 0. The molecule has 0 aliphatic heterocycles. The van der Waals surface area contributed by atoms with Gasteiger partial charge in [-0.05, 0) is 0 Å². The molecule has 0 saturated carbocycles. The van der Waals surface area contributed by atoms with E-state index < -0.39 is 17.2 Å². The van der Waals surface area contributed by atoms with E-state index in [4.69, 9.17) is 19.6 Å². The highest BCUT2D eigenvalue weighted by Gasteiger charge is 1.86. The maximum atomic E-state index is 7.76. The zero-order valence-corrected chi connectivity index (χ0v) is 9.74. The van der Waals surface area contributed by atoms with Crippen molar-refractivity contribution in [2.24, 2.45) is 0 Å². The summed E-state index contributed by atoms with van der Waals surface area (Å²) in [6, 6.07) is 0. The van der Waals surface area contributed by atoms with Crippen LogP contribution < -0.4 is 0 Å². The Labute approximate surface area is 85.3 Å². The molecular weight excluding hydrogens is 253 g/mol. The molecule has 0 bridgehead atoms. The van der Waals surface area contributed by atoms with Gasteiger partial charge >= 0.3 is 17.2 Å². The van der Waals surface area contributed by atoms with E-state index in [-0.39, 0.29) is 24.8 Å². The van der Waals surface area contributed by atoms with Gasteiger partial charge in [0.05, 0.1) is 0 Å². The van der Waals surface area contributed by atoms with Crippen molar-refractivity contribution < 1.29 is 28.6 Å². The predicted molar refractivity (Wildman–Crippen MR) is 51.2 cm³/mol. The Morgan fingerprint density at radius 3 is 0.833 bits per heavy atom. The lowest BCUT2D eigenvalue weighted by Crippen LogP contribution is -1.67. The molecule has 0 aromatic heterocycles. The Morgan fingerprint density at radius 1 is 0.750 bits per heavy atom. The first-order valence-electron chi connectivity index (χ1n) is 1.98. The smallest absolute Gasteiger partial charge is 0.326 e. The molecule has 0 amide bonds. The predicted octanol–water partition coefficient (Wildman–Crippen LogP) is 0.532. The Kier molecular flexibility index (Phi) is 35.0. The van der Waals surface area contributed by atoms with E-state index in [2.05, 4.69) is 9.05 Å². The minimum absolute atomic E-state index is 0. The molecule has 0 fully saturated rings. The van der Waals surface area contributed by atoms with Crippen LogP contribution in [0.2, 0.25) is 0 Å². The third-order valence-electron chi connectivity index (χ3n) is 0.327. The Bertz CT molecular complexity index is 57.5. The van der Waals surface area contributed by atoms with E-state index in [9.17, 15) is 0 Å². The van der Waals surface area contributed by atoms with Gasteiger partial charge < -0.3 is 28.6 Å². The molecular formula is C2H12Cl2O6P2. The van der Waals surface area contributed by atoms with Gasteiger partial charge in [-0.2, -0.15) is 0 Å². The molecule has 10 heteroatoms. The van der Waals surface area contributed by atoms with E-state index in [1.807, 2.05) is 0 Å². The lowest BCUT2D eigenvalue weighted by Gasteiger charge is -1.89. The summed E-state index contributed by atoms with van der Waals surface area (Å²) in [6.45, 7) is 0. The summed E-state index contributed by atoms with van der Waals surface area (Å²) in [5, 5.41) is 0. The van der Waals surface area contributed by atoms with Crippen LogP contribution in [0, 0.1) is 0 Å². The van der Waals surface area contributed by atoms with Gasteiger partial charge in [-0.1, -0.05) is 0 Å². The maximum Gasteiger partial charge on any atom is 0.326 e. The summed E-state index contributed by atoms with van der Waals surface area (Å²) in [7, 11) is -1.74. The second-order valence-electron chi connectivity index (χ2n) is 0.871. The molecule has 0 unspecified atom stereocenters. The highest BCUT2D eigenvalue weighted by Crippen LogP contribution is 2.21. The second-order valence-corrected chi connectivity index (χ2v) is 2.61. The summed E-state index contributed by atoms with van der Waals surface area (Å²) >= 11 is 0. The van der Waals surface area contributed by atoms with Crippen molar-refractivity contribution in [3.05, 3.63) is 0 Å². The van der Waals surface area contributed by atoms with Gasteiger partial charge in [-0.15, -0.1) is 24.8 Å². The van der Waals surface area contributed by atoms with Crippen LogP contribution in [0.4, 0.5) is 0 Å². The van der Waals surface area contributed by atoms with E-state index in [1.54, 1.807) is 0 Å². The van der Waals surface area contributed by atoms with Gasteiger partial charge in [0.2, 0.25) is 0 Å². The van der Waals surface area contributed by atoms with Crippen LogP contribution in [0.15, 0.2) is 0 Å².